The van der Waals surface area contributed by atoms with Crippen molar-refractivity contribution < 1.29 is 9.53 Å². The van der Waals surface area contributed by atoms with Gasteiger partial charge < -0.3 is 15.8 Å². The normalized spacial score (nSPS) is 20.3. The molecule has 1 heterocycles. The molecule has 3 N–H and O–H groups in total. The minimum absolute atomic E-state index is 0. The third-order valence-corrected chi connectivity index (χ3v) is 4.57. The number of rotatable bonds is 3. The Bertz CT molecular complexity index is 728. The summed E-state index contributed by atoms with van der Waals surface area (Å²) in [5.41, 5.74) is 8.12. The molecule has 1 aliphatic rings. The monoisotopic (exact) mass is 349 g/mol. The predicted octanol–water partition coefficient (Wildman–Crippen LogP) is 2.97. The topological polar surface area (TPSA) is 77.2 Å². The molecule has 0 aliphatic heterocycles. The maximum atomic E-state index is 12.6. The van der Waals surface area contributed by atoms with Crippen LogP contribution in [0.15, 0.2) is 24.3 Å². The number of hydrogen-bond donors (Lipinski definition) is 2. The minimum atomic E-state index is -0.0480. The molecule has 3 rings (SSSR count). The van der Waals surface area contributed by atoms with Crippen LogP contribution >= 0.6 is 12.4 Å². The Morgan fingerprint density at radius 3 is 2.62 bits per heavy atom. The number of aryl methyl sites for hydroxylation is 1. The highest BCUT2D eigenvalue weighted by Gasteiger charge is 2.21. The van der Waals surface area contributed by atoms with Crippen molar-refractivity contribution in [3.05, 3.63) is 35.5 Å². The molecule has 1 aliphatic carbocycles. The van der Waals surface area contributed by atoms with Crippen LogP contribution in [0.4, 0.5) is 0 Å². The number of nitrogens with zero attached hydrogens (tertiary/aromatic N) is 1. The number of nitrogens with one attached hydrogen (secondary N) is 1. The van der Waals surface area contributed by atoms with Crippen LogP contribution in [0.1, 0.15) is 41.7 Å². The molecule has 0 radical (unpaired) electrons. The van der Waals surface area contributed by atoms with E-state index in [0.717, 1.165) is 48.0 Å². The number of benzene rings is 1. The second-order valence-electron chi connectivity index (χ2n) is 6.27. The van der Waals surface area contributed by atoms with Crippen LogP contribution < -0.4 is 15.8 Å². The zero-order valence-corrected chi connectivity index (χ0v) is 14.9. The van der Waals surface area contributed by atoms with Gasteiger partial charge in [-0.1, -0.05) is 0 Å². The molecule has 0 atom stereocenters. The molecule has 0 unspecified atom stereocenters. The van der Waals surface area contributed by atoms with Crippen LogP contribution in [0.3, 0.4) is 0 Å². The molecule has 0 saturated heterocycles. The highest BCUT2D eigenvalue weighted by atomic mass is 35.5. The highest BCUT2D eigenvalue weighted by Crippen LogP contribution is 2.22. The lowest BCUT2D eigenvalue weighted by Gasteiger charge is -2.27. The summed E-state index contributed by atoms with van der Waals surface area (Å²) in [7, 11) is 1.63. The molecule has 5 nitrogen and oxygen atoms in total. The smallest absolute Gasteiger partial charge is 0.253 e. The summed E-state index contributed by atoms with van der Waals surface area (Å²) in [6.45, 7) is 1.87. The Kier molecular flexibility index (Phi) is 6.02. The van der Waals surface area contributed by atoms with Gasteiger partial charge >= 0.3 is 0 Å². The van der Waals surface area contributed by atoms with E-state index in [1.807, 2.05) is 31.2 Å². The maximum absolute atomic E-state index is 12.6. The van der Waals surface area contributed by atoms with E-state index in [4.69, 9.17) is 10.5 Å². The van der Waals surface area contributed by atoms with Gasteiger partial charge in [0, 0.05) is 23.5 Å². The Morgan fingerprint density at radius 2 is 1.96 bits per heavy atom. The molecule has 1 saturated carbocycles. The van der Waals surface area contributed by atoms with Gasteiger partial charge in [-0.15, -0.1) is 12.4 Å². The van der Waals surface area contributed by atoms with Crippen LogP contribution in [-0.2, 0) is 0 Å². The van der Waals surface area contributed by atoms with Gasteiger partial charge in [-0.25, -0.2) is 0 Å². The third-order valence-electron chi connectivity index (χ3n) is 4.57. The van der Waals surface area contributed by atoms with E-state index < -0.39 is 0 Å². The molecule has 24 heavy (non-hydrogen) atoms. The van der Waals surface area contributed by atoms with Gasteiger partial charge in [0.2, 0.25) is 0 Å². The Hall–Kier alpha value is -1.85. The molecule has 1 amide bonds. The maximum Gasteiger partial charge on any atom is 0.253 e. The van der Waals surface area contributed by atoms with Crippen molar-refractivity contribution in [1.82, 2.24) is 10.3 Å². The second kappa shape index (κ2) is 7.81. The number of aromatic nitrogens is 1. The quantitative estimate of drug-likeness (QED) is 0.893. The lowest BCUT2D eigenvalue weighted by Crippen LogP contribution is -2.40. The number of hydrogen-bond acceptors (Lipinski definition) is 4. The molecule has 1 fully saturated rings. The molecule has 0 spiro atoms. The highest BCUT2D eigenvalue weighted by molar-refractivity contribution is 5.98. The van der Waals surface area contributed by atoms with Gasteiger partial charge in [0.15, 0.2) is 0 Å². The number of carbonyl (C=O) groups is 1. The molecular formula is C18H24ClN3O2. The number of fused-ring (bicyclic) bond motifs is 1. The Balaban J connectivity index is 0.00000208. The summed E-state index contributed by atoms with van der Waals surface area (Å²) in [4.78, 5) is 17.1. The van der Waals surface area contributed by atoms with Crippen molar-refractivity contribution in [2.45, 2.75) is 44.7 Å². The zero-order valence-electron chi connectivity index (χ0n) is 14.0. The fourth-order valence-corrected chi connectivity index (χ4v) is 3.13. The van der Waals surface area contributed by atoms with Crippen molar-refractivity contribution in [1.29, 1.82) is 0 Å². The number of pyridine rings is 1. The molecular weight excluding hydrogens is 326 g/mol. The first-order valence-corrected chi connectivity index (χ1v) is 8.08. The van der Waals surface area contributed by atoms with Crippen molar-refractivity contribution in [3.63, 3.8) is 0 Å². The predicted molar refractivity (Wildman–Crippen MR) is 98.0 cm³/mol. The van der Waals surface area contributed by atoms with Gasteiger partial charge in [-0.05, 0) is 50.8 Å². The van der Waals surface area contributed by atoms with Crippen molar-refractivity contribution in [2.75, 3.05) is 7.11 Å². The minimum Gasteiger partial charge on any atom is -0.497 e. The van der Waals surface area contributed by atoms with Gasteiger partial charge in [0.1, 0.15) is 5.75 Å². The molecule has 130 valence electrons. The van der Waals surface area contributed by atoms with Crippen LogP contribution in [0.5, 0.6) is 5.75 Å². The number of halogens is 1. The first kappa shape index (κ1) is 18.5. The van der Waals surface area contributed by atoms with Gasteiger partial charge in [0.05, 0.1) is 23.9 Å². The number of nitrogens with two attached hydrogens (primary N) is 1. The number of methoxy groups -OCH3 is 1. The number of carbonyl (C=O) groups excluding carboxylic acids is 1. The van der Waals surface area contributed by atoms with Gasteiger partial charge in [-0.3, -0.25) is 9.78 Å². The Labute approximate surface area is 148 Å². The van der Waals surface area contributed by atoms with Crippen LogP contribution in [0.25, 0.3) is 10.9 Å². The van der Waals surface area contributed by atoms with E-state index in [1.165, 1.54) is 0 Å². The van der Waals surface area contributed by atoms with E-state index in [1.54, 1.807) is 7.11 Å². The number of ether oxygens (including phenoxy) is 1. The van der Waals surface area contributed by atoms with E-state index in [9.17, 15) is 4.79 Å². The average Bonchev–Trinajstić information content (AvgIpc) is 2.55. The first-order valence-electron chi connectivity index (χ1n) is 8.08. The Morgan fingerprint density at radius 1 is 1.25 bits per heavy atom. The zero-order chi connectivity index (χ0) is 16.4. The van der Waals surface area contributed by atoms with Crippen molar-refractivity contribution in [2.24, 2.45) is 5.73 Å². The first-order chi connectivity index (χ1) is 11.1. The van der Waals surface area contributed by atoms with E-state index in [2.05, 4.69) is 10.3 Å². The molecule has 1 aromatic carbocycles. The van der Waals surface area contributed by atoms with Crippen molar-refractivity contribution >= 4 is 29.2 Å². The SMILES string of the molecule is COc1ccc2cc(C(=O)NC3CCC(N)CC3)c(C)nc2c1.Cl. The summed E-state index contributed by atoms with van der Waals surface area (Å²) < 4.78 is 5.22. The lowest BCUT2D eigenvalue weighted by atomic mass is 9.91. The van der Waals surface area contributed by atoms with Gasteiger partial charge in [0.25, 0.3) is 5.91 Å². The second-order valence-corrected chi connectivity index (χ2v) is 6.27. The third kappa shape index (κ3) is 3.97. The van der Waals surface area contributed by atoms with Crippen molar-refractivity contribution in [3.8, 4) is 5.75 Å². The van der Waals surface area contributed by atoms with Crippen LogP contribution in [0.2, 0.25) is 0 Å². The molecule has 6 heteroatoms. The van der Waals surface area contributed by atoms with Crippen LogP contribution in [0, 0.1) is 6.92 Å². The largest absolute Gasteiger partial charge is 0.497 e. The summed E-state index contributed by atoms with van der Waals surface area (Å²) >= 11 is 0. The summed E-state index contributed by atoms with van der Waals surface area (Å²) in [5.74, 6) is 0.716. The van der Waals surface area contributed by atoms with Crippen LogP contribution in [-0.4, -0.2) is 30.1 Å². The average molecular weight is 350 g/mol. The standard InChI is InChI=1S/C18H23N3O2.ClH/c1-11-16(18(22)21-14-6-4-13(19)5-7-14)9-12-3-8-15(23-2)10-17(12)20-11;/h3,8-10,13-14H,4-7,19H2,1-2H3,(H,21,22);1H. The fraction of sp³-hybridized carbons (Fsp3) is 0.444. The molecule has 2 aromatic rings. The lowest BCUT2D eigenvalue weighted by molar-refractivity contribution is 0.0925. The molecule has 0 bridgehead atoms. The molecule has 1 aromatic heterocycles. The summed E-state index contributed by atoms with van der Waals surface area (Å²) in [6, 6.07) is 8.09. The fourth-order valence-electron chi connectivity index (χ4n) is 3.13. The summed E-state index contributed by atoms with van der Waals surface area (Å²) in [6.07, 6.45) is 3.84. The van der Waals surface area contributed by atoms with E-state index in [0.29, 0.717) is 5.56 Å². The van der Waals surface area contributed by atoms with E-state index >= 15 is 0 Å². The summed E-state index contributed by atoms with van der Waals surface area (Å²) in [5, 5.41) is 4.06. The van der Waals surface area contributed by atoms with E-state index in [-0.39, 0.29) is 30.4 Å². The van der Waals surface area contributed by atoms with Gasteiger partial charge in [-0.2, -0.15) is 0 Å². The number of amides is 1.